The highest BCUT2D eigenvalue weighted by molar-refractivity contribution is 5.89. The first-order valence-electron chi connectivity index (χ1n) is 5.86. The molecule has 1 unspecified atom stereocenters. The lowest BCUT2D eigenvalue weighted by Crippen LogP contribution is -2.45. The molecule has 2 aliphatic rings. The van der Waals surface area contributed by atoms with Crippen LogP contribution in [0.1, 0.15) is 19.3 Å². The summed E-state index contributed by atoms with van der Waals surface area (Å²) in [5.41, 5.74) is 0. The largest absolute Gasteiger partial charge is 0.481 e. The van der Waals surface area contributed by atoms with E-state index in [4.69, 9.17) is 5.11 Å². The average Bonchev–Trinajstić information content (AvgIpc) is 2.75. The van der Waals surface area contributed by atoms with E-state index in [0.29, 0.717) is 19.5 Å². The van der Waals surface area contributed by atoms with Crippen LogP contribution in [0.5, 0.6) is 0 Å². The van der Waals surface area contributed by atoms with Crippen molar-refractivity contribution in [3.63, 3.8) is 0 Å². The summed E-state index contributed by atoms with van der Waals surface area (Å²) in [4.78, 5) is 35.6. The standard InChI is InChI=1S/C11H16N2O4/c14-9-4-8(5-12-9)10(15)13-3-1-2-7(6-13)11(16)17/h7-8H,1-6H2,(H,12,14)(H,16,17)/t7-,8?/m0/s1. The number of piperidine rings is 1. The summed E-state index contributed by atoms with van der Waals surface area (Å²) >= 11 is 0. The van der Waals surface area contributed by atoms with Crippen molar-refractivity contribution < 1.29 is 19.5 Å². The molecule has 2 fully saturated rings. The Morgan fingerprint density at radius 3 is 2.71 bits per heavy atom. The van der Waals surface area contributed by atoms with Crippen molar-refractivity contribution in [2.24, 2.45) is 11.8 Å². The molecular formula is C11H16N2O4. The lowest BCUT2D eigenvalue weighted by molar-refractivity contribution is -0.146. The van der Waals surface area contributed by atoms with E-state index in [0.717, 1.165) is 6.42 Å². The van der Waals surface area contributed by atoms with Crippen molar-refractivity contribution in [2.75, 3.05) is 19.6 Å². The summed E-state index contributed by atoms with van der Waals surface area (Å²) < 4.78 is 0. The van der Waals surface area contributed by atoms with Gasteiger partial charge in [0.25, 0.3) is 0 Å². The lowest BCUT2D eigenvalue weighted by atomic mass is 9.96. The van der Waals surface area contributed by atoms with Gasteiger partial charge in [-0.15, -0.1) is 0 Å². The molecule has 6 heteroatoms. The summed E-state index contributed by atoms with van der Waals surface area (Å²) in [5, 5.41) is 11.6. The second-order valence-electron chi connectivity index (χ2n) is 4.67. The van der Waals surface area contributed by atoms with E-state index >= 15 is 0 Å². The molecule has 0 aromatic heterocycles. The number of carbonyl (C=O) groups is 3. The predicted molar refractivity (Wildman–Crippen MR) is 58.1 cm³/mol. The maximum absolute atomic E-state index is 12.1. The van der Waals surface area contributed by atoms with Crippen LogP contribution in [-0.2, 0) is 14.4 Å². The number of hydrogen-bond donors (Lipinski definition) is 2. The van der Waals surface area contributed by atoms with Gasteiger partial charge in [0.05, 0.1) is 11.8 Å². The summed E-state index contributed by atoms with van der Waals surface area (Å²) in [5.74, 6) is -1.81. The molecule has 0 radical (unpaired) electrons. The van der Waals surface area contributed by atoms with E-state index in [1.165, 1.54) is 0 Å². The van der Waals surface area contributed by atoms with E-state index in [2.05, 4.69) is 5.32 Å². The third-order valence-electron chi connectivity index (χ3n) is 3.41. The maximum atomic E-state index is 12.1. The first-order valence-corrected chi connectivity index (χ1v) is 5.86. The number of carbonyl (C=O) groups excluding carboxylic acids is 2. The van der Waals surface area contributed by atoms with Crippen LogP contribution in [-0.4, -0.2) is 47.4 Å². The second-order valence-corrected chi connectivity index (χ2v) is 4.67. The van der Waals surface area contributed by atoms with E-state index < -0.39 is 11.9 Å². The van der Waals surface area contributed by atoms with Crippen LogP contribution >= 0.6 is 0 Å². The minimum absolute atomic E-state index is 0.0886. The molecule has 2 saturated heterocycles. The third-order valence-corrected chi connectivity index (χ3v) is 3.41. The zero-order valence-corrected chi connectivity index (χ0v) is 9.52. The number of nitrogens with one attached hydrogen (secondary N) is 1. The first kappa shape index (κ1) is 11.9. The monoisotopic (exact) mass is 240 g/mol. The molecule has 2 N–H and O–H groups in total. The molecule has 0 saturated carbocycles. The molecule has 0 aliphatic carbocycles. The highest BCUT2D eigenvalue weighted by Crippen LogP contribution is 2.20. The van der Waals surface area contributed by atoms with Gasteiger partial charge < -0.3 is 15.3 Å². The van der Waals surface area contributed by atoms with Gasteiger partial charge >= 0.3 is 5.97 Å². The van der Waals surface area contributed by atoms with Crippen molar-refractivity contribution in [3.8, 4) is 0 Å². The molecule has 0 aromatic carbocycles. The van der Waals surface area contributed by atoms with Crippen LogP contribution in [0, 0.1) is 11.8 Å². The molecule has 2 rings (SSSR count). The first-order chi connectivity index (χ1) is 8.08. The normalized spacial score (nSPS) is 28.9. The SMILES string of the molecule is O=C1CC(C(=O)N2CCC[C@H](C(=O)O)C2)CN1. The van der Waals surface area contributed by atoms with Gasteiger partial charge in [0.15, 0.2) is 0 Å². The fourth-order valence-electron chi connectivity index (χ4n) is 2.42. The van der Waals surface area contributed by atoms with E-state index in [1.54, 1.807) is 4.90 Å². The van der Waals surface area contributed by atoms with Gasteiger partial charge in [-0.05, 0) is 12.8 Å². The van der Waals surface area contributed by atoms with Gasteiger partial charge in [-0.3, -0.25) is 14.4 Å². The molecule has 0 spiro atoms. The Bertz CT molecular complexity index is 355. The molecule has 2 amide bonds. The van der Waals surface area contributed by atoms with E-state index in [9.17, 15) is 14.4 Å². The van der Waals surface area contributed by atoms with Crippen LogP contribution in [0.2, 0.25) is 0 Å². The van der Waals surface area contributed by atoms with Crippen molar-refractivity contribution in [2.45, 2.75) is 19.3 Å². The Balaban J connectivity index is 1.95. The van der Waals surface area contributed by atoms with Crippen molar-refractivity contribution in [1.29, 1.82) is 0 Å². The lowest BCUT2D eigenvalue weighted by Gasteiger charge is -2.32. The molecule has 2 aliphatic heterocycles. The number of likely N-dealkylation sites (tertiary alicyclic amines) is 1. The van der Waals surface area contributed by atoms with E-state index in [1.807, 2.05) is 0 Å². The van der Waals surface area contributed by atoms with Gasteiger partial charge in [-0.25, -0.2) is 0 Å². The minimum Gasteiger partial charge on any atom is -0.481 e. The molecule has 2 heterocycles. The Hall–Kier alpha value is -1.59. The van der Waals surface area contributed by atoms with Crippen LogP contribution < -0.4 is 5.32 Å². The number of carboxylic acids is 1. The zero-order valence-electron chi connectivity index (χ0n) is 9.52. The van der Waals surface area contributed by atoms with Gasteiger partial charge in [0, 0.05) is 26.1 Å². The quantitative estimate of drug-likeness (QED) is 0.677. The Morgan fingerprint density at radius 2 is 2.12 bits per heavy atom. The van der Waals surface area contributed by atoms with Crippen LogP contribution in [0.3, 0.4) is 0 Å². The summed E-state index contributed by atoms with van der Waals surface area (Å²) in [6, 6.07) is 0. The van der Waals surface area contributed by atoms with Crippen molar-refractivity contribution in [3.05, 3.63) is 0 Å². The topological polar surface area (TPSA) is 86.7 Å². The van der Waals surface area contributed by atoms with Crippen LogP contribution in [0.25, 0.3) is 0 Å². The highest BCUT2D eigenvalue weighted by Gasteiger charge is 2.34. The molecular weight excluding hydrogens is 224 g/mol. The number of rotatable bonds is 2. The minimum atomic E-state index is -0.844. The Morgan fingerprint density at radius 1 is 1.35 bits per heavy atom. The van der Waals surface area contributed by atoms with Gasteiger partial charge in [-0.1, -0.05) is 0 Å². The molecule has 0 bridgehead atoms. The summed E-state index contributed by atoms with van der Waals surface area (Å²) in [6.45, 7) is 1.26. The van der Waals surface area contributed by atoms with Crippen LogP contribution in [0.15, 0.2) is 0 Å². The van der Waals surface area contributed by atoms with Crippen molar-refractivity contribution >= 4 is 17.8 Å². The molecule has 17 heavy (non-hydrogen) atoms. The maximum Gasteiger partial charge on any atom is 0.308 e. The fraction of sp³-hybridized carbons (Fsp3) is 0.727. The highest BCUT2D eigenvalue weighted by atomic mass is 16.4. The van der Waals surface area contributed by atoms with Gasteiger partial charge in [0.2, 0.25) is 11.8 Å². The Kier molecular flexibility index (Phi) is 3.31. The van der Waals surface area contributed by atoms with Gasteiger partial charge in [0.1, 0.15) is 0 Å². The molecule has 6 nitrogen and oxygen atoms in total. The number of carboxylic acid groups (broad SMARTS) is 1. The van der Waals surface area contributed by atoms with E-state index in [-0.39, 0.29) is 30.7 Å². The Labute approximate surface area is 99.0 Å². The number of hydrogen-bond acceptors (Lipinski definition) is 3. The average molecular weight is 240 g/mol. The predicted octanol–water partition coefficient (Wildman–Crippen LogP) is -0.554. The smallest absolute Gasteiger partial charge is 0.308 e. The van der Waals surface area contributed by atoms with Crippen LogP contribution in [0.4, 0.5) is 0 Å². The third kappa shape index (κ3) is 2.57. The molecule has 0 aromatic rings. The van der Waals surface area contributed by atoms with Crippen molar-refractivity contribution in [1.82, 2.24) is 10.2 Å². The number of nitrogens with zero attached hydrogens (tertiary/aromatic N) is 1. The second kappa shape index (κ2) is 4.73. The fourth-order valence-corrected chi connectivity index (χ4v) is 2.42. The zero-order chi connectivity index (χ0) is 12.4. The number of aliphatic carboxylic acids is 1. The summed E-state index contributed by atoms with van der Waals surface area (Å²) in [6.07, 6.45) is 1.57. The molecule has 2 atom stereocenters. The number of amides is 2. The molecule has 94 valence electrons. The summed E-state index contributed by atoms with van der Waals surface area (Å²) in [7, 11) is 0. The van der Waals surface area contributed by atoms with Gasteiger partial charge in [-0.2, -0.15) is 0 Å².